The smallest absolute Gasteiger partial charge is 0.294 e. The third-order valence-electron chi connectivity index (χ3n) is 4.83. The molecule has 0 saturated heterocycles. The van der Waals surface area contributed by atoms with Crippen LogP contribution >= 0.6 is 0 Å². The molecule has 0 bridgehead atoms. The van der Waals surface area contributed by atoms with E-state index in [4.69, 9.17) is 0 Å². The van der Waals surface area contributed by atoms with Crippen LogP contribution in [0.5, 0.6) is 11.5 Å². The van der Waals surface area contributed by atoms with Gasteiger partial charge in [0, 0.05) is 23.2 Å². The molecule has 9 nitrogen and oxygen atoms in total. The second kappa shape index (κ2) is 7.57. The lowest BCUT2D eigenvalue weighted by molar-refractivity contribution is 0.471. The first-order valence-electron chi connectivity index (χ1n) is 8.96. The van der Waals surface area contributed by atoms with E-state index in [-0.39, 0.29) is 22.2 Å². The zero-order valence-electron chi connectivity index (χ0n) is 16.0. The van der Waals surface area contributed by atoms with Gasteiger partial charge in [-0.1, -0.05) is 30.3 Å². The summed E-state index contributed by atoms with van der Waals surface area (Å²) in [5.41, 5.74) is 0.199. The molecule has 4 aromatic rings. The standard InChI is InChI=1S/C21H15NO8S2/c23-19-6-5-12-3-1-2-4-16(12)17(19)11-22-18-9-14(31(25,26)27)7-13-8-15(32(28,29)30)10-20(24)21(13)18/h1-11,23-24H,(H,25,26,27)(H,28,29,30). The number of hydrogen-bond acceptors (Lipinski definition) is 7. The van der Waals surface area contributed by atoms with Gasteiger partial charge in [-0.2, -0.15) is 16.8 Å². The first kappa shape index (κ1) is 21.7. The van der Waals surface area contributed by atoms with Crippen molar-refractivity contribution in [2.45, 2.75) is 9.79 Å². The number of nitrogens with zero attached hydrogens (tertiary/aromatic N) is 1. The highest BCUT2D eigenvalue weighted by molar-refractivity contribution is 7.86. The number of fused-ring (bicyclic) bond motifs is 2. The maximum atomic E-state index is 11.7. The Morgan fingerprint density at radius 1 is 0.719 bits per heavy atom. The third-order valence-corrected chi connectivity index (χ3v) is 6.49. The van der Waals surface area contributed by atoms with E-state index < -0.39 is 35.8 Å². The van der Waals surface area contributed by atoms with Crippen LogP contribution in [-0.2, 0) is 20.2 Å². The van der Waals surface area contributed by atoms with Crippen LogP contribution in [-0.4, -0.2) is 42.4 Å². The molecule has 0 aromatic heterocycles. The number of hydrogen-bond donors (Lipinski definition) is 4. The van der Waals surface area contributed by atoms with Gasteiger partial charge < -0.3 is 10.2 Å². The zero-order chi connectivity index (χ0) is 23.3. The number of aliphatic imine (C=N–C) groups is 1. The summed E-state index contributed by atoms with van der Waals surface area (Å²) in [7, 11) is -9.43. The minimum absolute atomic E-state index is 0.0271. The molecule has 164 valence electrons. The van der Waals surface area contributed by atoms with Crippen LogP contribution in [0.25, 0.3) is 21.5 Å². The summed E-state index contributed by atoms with van der Waals surface area (Å²) < 4.78 is 65.2. The third kappa shape index (κ3) is 4.01. The fourth-order valence-electron chi connectivity index (χ4n) is 3.37. The quantitative estimate of drug-likeness (QED) is 0.258. The van der Waals surface area contributed by atoms with E-state index in [0.29, 0.717) is 10.9 Å². The number of phenols is 2. The molecule has 4 N–H and O–H groups in total. The molecule has 11 heteroatoms. The molecule has 0 aliphatic heterocycles. The predicted molar refractivity (Wildman–Crippen MR) is 118 cm³/mol. The Kier molecular flexibility index (Phi) is 5.13. The minimum atomic E-state index is -4.72. The van der Waals surface area contributed by atoms with Crippen LogP contribution in [0.2, 0.25) is 0 Å². The van der Waals surface area contributed by atoms with E-state index in [9.17, 15) is 36.2 Å². The van der Waals surface area contributed by atoms with Crippen molar-refractivity contribution in [3.05, 3.63) is 66.2 Å². The number of aromatic hydroxyl groups is 2. The lowest BCUT2D eigenvalue weighted by Gasteiger charge is -2.10. The Bertz CT molecular complexity index is 1640. The molecular formula is C21H15NO8S2. The van der Waals surface area contributed by atoms with Gasteiger partial charge in [0.1, 0.15) is 11.5 Å². The van der Waals surface area contributed by atoms with Crippen molar-refractivity contribution in [2.24, 2.45) is 4.99 Å². The van der Waals surface area contributed by atoms with Gasteiger partial charge in [0.25, 0.3) is 20.2 Å². The summed E-state index contributed by atoms with van der Waals surface area (Å²) in [4.78, 5) is 2.93. The highest BCUT2D eigenvalue weighted by Crippen LogP contribution is 2.38. The molecule has 0 heterocycles. The van der Waals surface area contributed by atoms with Crippen molar-refractivity contribution in [1.82, 2.24) is 0 Å². The molecule has 0 amide bonds. The zero-order valence-corrected chi connectivity index (χ0v) is 17.7. The molecule has 4 aromatic carbocycles. The van der Waals surface area contributed by atoms with Gasteiger partial charge in [-0.15, -0.1) is 0 Å². The van der Waals surface area contributed by atoms with E-state index in [1.807, 2.05) is 12.1 Å². The van der Waals surface area contributed by atoms with Crippen molar-refractivity contribution >= 4 is 53.7 Å². The van der Waals surface area contributed by atoms with Gasteiger partial charge in [0.05, 0.1) is 15.5 Å². The number of rotatable bonds is 4. The van der Waals surface area contributed by atoms with E-state index in [2.05, 4.69) is 4.99 Å². The van der Waals surface area contributed by atoms with Crippen molar-refractivity contribution in [3.8, 4) is 11.5 Å². The average molecular weight is 473 g/mol. The lowest BCUT2D eigenvalue weighted by Crippen LogP contribution is -2.00. The Hall–Kier alpha value is -3.51. The Morgan fingerprint density at radius 3 is 2.00 bits per heavy atom. The fourth-order valence-corrected chi connectivity index (χ4v) is 4.44. The van der Waals surface area contributed by atoms with Gasteiger partial charge in [0.2, 0.25) is 0 Å². The molecule has 4 rings (SSSR count). The van der Waals surface area contributed by atoms with Crippen molar-refractivity contribution in [1.29, 1.82) is 0 Å². The van der Waals surface area contributed by atoms with Crippen LogP contribution in [0.3, 0.4) is 0 Å². The van der Waals surface area contributed by atoms with Crippen LogP contribution in [0, 0.1) is 0 Å². The van der Waals surface area contributed by atoms with Gasteiger partial charge in [-0.05, 0) is 40.4 Å². The van der Waals surface area contributed by atoms with Crippen molar-refractivity contribution < 1.29 is 36.2 Å². The number of benzene rings is 4. The molecule has 0 spiro atoms. The first-order valence-corrected chi connectivity index (χ1v) is 11.8. The first-order chi connectivity index (χ1) is 14.9. The van der Waals surface area contributed by atoms with Crippen molar-refractivity contribution in [3.63, 3.8) is 0 Å². The van der Waals surface area contributed by atoms with Gasteiger partial charge in [0.15, 0.2) is 0 Å². The Morgan fingerprint density at radius 2 is 1.34 bits per heavy atom. The summed E-state index contributed by atoms with van der Waals surface area (Å²) in [6.45, 7) is 0. The highest BCUT2D eigenvalue weighted by Gasteiger charge is 2.19. The molecule has 0 saturated carbocycles. The molecule has 0 atom stereocenters. The van der Waals surface area contributed by atoms with Crippen LogP contribution < -0.4 is 0 Å². The van der Waals surface area contributed by atoms with E-state index in [1.54, 1.807) is 18.2 Å². The Balaban J connectivity index is 2.01. The van der Waals surface area contributed by atoms with Crippen LogP contribution in [0.4, 0.5) is 5.69 Å². The summed E-state index contributed by atoms with van der Waals surface area (Å²) in [5.74, 6) is -0.688. The summed E-state index contributed by atoms with van der Waals surface area (Å²) in [5, 5.41) is 22.0. The van der Waals surface area contributed by atoms with Crippen LogP contribution in [0.15, 0.2) is 75.4 Å². The van der Waals surface area contributed by atoms with Gasteiger partial charge >= 0.3 is 0 Å². The van der Waals surface area contributed by atoms with Gasteiger partial charge in [-0.25, -0.2) is 0 Å². The maximum Gasteiger partial charge on any atom is 0.294 e. The Labute approximate surface area is 182 Å². The second-order valence-corrected chi connectivity index (χ2v) is 9.75. The monoisotopic (exact) mass is 473 g/mol. The van der Waals surface area contributed by atoms with E-state index in [0.717, 1.165) is 29.7 Å². The normalized spacial score (nSPS) is 12.7. The lowest BCUT2D eigenvalue weighted by atomic mass is 10.0. The molecule has 0 aliphatic carbocycles. The molecular weight excluding hydrogens is 458 g/mol. The highest BCUT2D eigenvalue weighted by atomic mass is 32.2. The van der Waals surface area contributed by atoms with Gasteiger partial charge in [-0.3, -0.25) is 14.1 Å². The topological polar surface area (TPSA) is 162 Å². The van der Waals surface area contributed by atoms with Crippen LogP contribution in [0.1, 0.15) is 5.56 Å². The summed E-state index contributed by atoms with van der Waals surface area (Å²) in [6, 6.07) is 14.0. The average Bonchev–Trinajstić information content (AvgIpc) is 2.71. The SMILES string of the molecule is O=S(=O)(O)c1cc(O)c2c(N=Cc3c(O)ccc4ccccc34)cc(S(=O)(=O)O)cc2c1. The number of phenolic OH excluding ortho intramolecular Hbond substituents is 2. The minimum Gasteiger partial charge on any atom is -0.507 e. The summed E-state index contributed by atoms with van der Waals surface area (Å²) >= 11 is 0. The summed E-state index contributed by atoms with van der Waals surface area (Å²) in [6.07, 6.45) is 1.26. The molecule has 0 unspecified atom stereocenters. The second-order valence-electron chi connectivity index (χ2n) is 6.91. The largest absolute Gasteiger partial charge is 0.507 e. The van der Waals surface area contributed by atoms with E-state index >= 15 is 0 Å². The molecule has 0 radical (unpaired) electrons. The maximum absolute atomic E-state index is 11.7. The van der Waals surface area contributed by atoms with E-state index in [1.165, 1.54) is 12.3 Å². The predicted octanol–water partition coefficient (Wildman–Crippen LogP) is 3.65. The fraction of sp³-hybridized carbons (Fsp3) is 0. The molecule has 32 heavy (non-hydrogen) atoms. The molecule has 0 aliphatic rings. The molecule has 0 fully saturated rings. The van der Waals surface area contributed by atoms with Crippen molar-refractivity contribution in [2.75, 3.05) is 0 Å².